The van der Waals surface area contributed by atoms with Crippen LogP contribution in [0.15, 0.2) is 29.2 Å². The first-order valence-electron chi connectivity index (χ1n) is 11.0. The van der Waals surface area contributed by atoms with E-state index in [0.29, 0.717) is 19.3 Å². The van der Waals surface area contributed by atoms with Crippen LogP contribution in [0.1, 0.15) is 51.4 Å². The van der Waals surface area contributed by atoms with Crippen LogP contribution in [0.2, 0.25) is 0 Å². The van der Waals surface area contributed by atoms with E-state index in [2.05, 4.69) is 15.4 Å². The summed E-state index contributed by atoms with van der Waals surface area (Å²) in [4.78, 5) is 12.3. The van der Waals surface area contributed by atoms with Crippen LogP contribution in [0.3, 0.4) is 0 Å². The Bertz CT molecular complexity index is 815. The lowest BCUT2D eigenvalue weighted by atomic mass is 9.95. The number of urea groups is 1. The van der Waals surface area contributed by atoms with Gasteiger partial charge in [-0.05, 0) is 56.4 Å². The molecule has 3 atom stereocenters. The number of rotatable bonds is 8. The second kappa shape index (κ2) is 11.2. The fraction of sp³-hybridized carbons (Fsp3) is 0.667. The van der Waals surface area contributed by atoms with Gasteiger partial charge in [0.25, 0.3) is 0 Å². The smallest absolute Gasteiger partial charge is 0.315 e. The first-order chi connectivity index (χ1) is 14.9. The maximum absolute atomic E-state index is 13.0. The molecule has 1 aromatic rings. The van der Waals surface area contributed by atoms with Gasteiger partial charge in [-0.3, -0.25) is 0 Å². The average molecular weight is 458 g/mol. The van der Waals surface area contributed by atoms with Crippen molar-refractivity contribution in [3.63, 3.8) is 0 Å². The second-order valence-corrected chi connectivity index (χ2v) is 10.0. The molecule has 4 N–H and O–H groups in total. The normalized spacial score (nSPS) is 25.2. The van der Waals surface area contributed by atoms with Gasteiger partial charge in [-0.2, -0.15) is 0 Å². The molecule has 8 nitrogen and oxygen atoms in total. The number of halogens is 1. The standard InChI is InChI=1S/C21H32FN3O5S/c22-15-6-9-18(10-7-15)31(28,29)23-13-12-17-8-11-19(20(14-26)30-17)25-21(27)24-16-4-2-1-3-5-16/h6-7,9-10,16-17,19-20,23,26H,1-5,8,11-14H2,(H2,24,25,27)/t17-,19-,20-/m1/s1. The number of aliphatic hydroxyl groups excluding tert-OH is 1. The van der Waals surface area contributed by atoms with E-state index in [1.165, 1.54) is 18.6 Å². The summed E-state index contributed by atoms with van der Waals surface area (Å²) in [5.41, 5.74) is 0. The van der Waals surface area contributed by atoms with Gasteiger partial charge in [0.1, 0.15) is 11.9 Å². The van der Waals surface area contributed by atoms with Crippen LogP contribution in [0.25, 0.3) is 0 Å². The minimum absolute atomic E-state index is 0.0000560. The van der Waals surface area contributed by atoms with Gasteiger partial charge in [-0.15, -0.1) is 0 Å². The molecule has 0 aromatic heterocycles. The topological polar surface area (TPSA) is 117 Å². The Morgan fingerprint density at radius 1 is 1.06 bits per heavy atom. The predicted octanol–water partition coefficient (Wildman–Crippen LogP) is 2.03. The van der Waals surface area contributed by atoms with Crippen LogP contribution >= 0.6 is 0 Å². The molecule has 1 aromatic carbocycles. The maximum Gasteiger partial charge on any atom is 0.315 e. The van der Waals surface area contributed by atoms with Gasteiger partial charge in [0.05, 0.1) is 23.6 Å². The molecule has 2 amide bonds. The summed E-state index contributed by atoms with van der Waals surface area (Å²) in [5, 5.41) is 15.6. The molecule has 31 heavy (non-hydrogen) atoms. The molecule has 0 radical (unpaired) electrons. The summed E-state index contributed by atoms with van der Waals surface area (Å²) in [5.74, 6) is -0.500. The third-order valence-electron chi connectivity index (χ3n) is 5.93. The van der Waals surface area contributed by atoms with Gasteiger partial charge in [0.15, 0.2) is 0 Å². The number of aliphatic hydroxyl groups is 1. The Balaban J connectivity index is 1.42. The van der Waals surface area contributed by atoms with Crippen LogP contribution in [-0.4, -0.2) is 57.0 Å². The average Bonchev–Trinajstić information content (AvgIpc) is 2.75. The van der Waals surface area contributed by atoms with Crippen molar-refractivity contribution in [3.05, 3.63) is 30.1 Å². The molecule has 0 spiro atoms. The van der Waals surface area contributed by atoms with E-state index in [-0.39, 0.29) is 42.3 Å². The van der Waals surface area contributed by atoms with Gasteiger partial charge in [0.2, 0.25) is 10.0 Å². The number of hydrogen-bond donors (Lipinski definition) is 4. The van der Waals surface area contributed by atoms with Crippen LogP contribution in [0.5, 0.6) is 0 Å². The molecule has 0 unspecified atom stereocenters. The van der Waals surface area contributed by atoms with Crippen molar-refractivity contribution in [2.45, 2.75) is 80.6 Å². The third kappa shape index (κ3) is 7.13. The second-order valence-electron chi connectivity index (χ2n) is 8.26. The number of nitrogens with one attached hydrogen (secondary N) is 3. The summed E-state index contributed by atoms with van der Waals surface area (Å²) in [6.07, 6.45) is 6.40. The fourth-order valence-corrected chi connectivity index (χ4v) is 5.25. The quantitative estimate of drug-likeness (QED) is 0.477. The van der Waals surface area contributed by atoms with E-state index >= 15 is 0 Å². The van der Waals surface area contributed by atoms with Gasteiger partial charge < -0.3 is 20.5 Å². The Kier molecular flexibility index (Phi) is 8.65. The molecular formula is C21H32FN3O5S. The lowest BCUT2D eigenvalue weighted by molar-refractivity contribution is -0.0887. The highest BCUT2D eigenvalue weighted by Gasteiger charge is 2.32. The summed E-state index contributed by atoms with van der Waals surface area (Å²) >= 11 is 0. The molecule has 1 saturated heterocycles. The summed E-state index contributed by atoms with van der Waals surface area (Å²) in [6, 6.07) is 4.30. The zero-order valence-electron chi connectivity index (χ0n) is 17.6. The van der Waals surface area contributed by atoms with E-state index < -0.39 is 21.9 Å². The fourth-order valence-electron chi connectivity index (χ4n) is 4.20. The van der Waals surface area contributed by atoms with Crippen molar-refractivity contribution < 1.29 is 27.4 Å². The summed E-state index contributed by atoms with van der Waals surface area (Å²) < 4.78 is 45.9. The zero-order valence-corrected chi connectivity index (χ0v) is 18.4. The number of carbonyl (C=O) groups excluding carboxylic acids is 1. The lowest BCUT2D eigenvalue weighted by Crippen LogP contribution is -2.55. The van der Waals surface area contributed by atoms with E-state index in [0.717, 1.165) is 37.8 Å². The Hall–Kier alpha value is -1.75. The largest absolute Gasteiger partial charge is 0.394 e. The number of ether oxygens (including phenoxy) is 1. The van der Waals surface area contributed by atoms with Crippen LogP contribution < -0.4 is 15.4 Å². The van der Waals surface area contributed by atoms with Gasteiger partial charge in [0, 0.05) is 12.6 Å². The van der Waals surface area contributed by atoms with Crippen molar-refractivity contribution in [1.82, 2.24) is 15.4 Å². The van der Waals surface area contributed by atoms with E-state index in [1.54, 1.807) is 0 Å². The van der Waals surface area contributed by atoms with Crippen LogP contribution in [0.4, 0.5) is 9.18 Å². The van der Waals surface area contributed by atoms with Crippen molar-refractivity contribution >= 4 is 16.1 Å². The third-order valence-corrected chi connectivity index (χ3v) is 7.41. The molecular weight excluding hydrogens is 425 g/mol. The molecule has 2 aliphatic rings. The van der Waals surface area contributed by atoms with Gasteiger partial charge in [-0.25, -0.2) is 22.3 Å². The molecule has 10 heteroatoms. The number of amides is 2. The van der Waals surface area contributed by atoms with E-state index in [1.807, 2.05) is 0 Å². The maximum atomic E-state index is 13.0. The van der Waals surface area contributed by atoms with E-state index in [9.17, 15) is 22.7 Å². The lowest BCUT2D eigenvalue weighted by Gasteiger charge is -2.36. The van der Waals surface area contributed by atoms with E-state index in [4.69, 9.17) is 4.74 Å². The monoisotopic (exact) mass is 457 g/mol. The van der Waals surface area contributed by atoms with Crippen molar-refractivity contribution in [2.24, 2.45) is 0 Å². The molecule has 1 aliphatic carbocycles. The zero-order chi connectivity index (χ0) is 22.3. The first-order valence-corrected chi connectivity index (χ1v) is 12.4. The molecule has 1 heterocycles. The Morgan fingerprint density at radius 3 is 2.45 bits per heavy atom. The highest BCUT2D eigenvalue weighted by Crippen LogP contribution is 2.22. The van der Waals surface area contributed by atoms with Gasteiger partial charge >= 0.3 is 6.03 Å². The highest BCUT2D eigenvalue weighted by atomic mass is 32.2. The van der Waals surface area contributed by atoms with Crippen LogP contribution in [0, 0.1) is 5.82 Å². The molecule has 3 rings (SSSR count). The molecule has 174 valence electrons. The summed E-state index contributed by atoms with van der Waals surface area (Å²) in [7, 11) is -3.72. The number of carbonyl (C=O) groups is 1. The number of hydrogen-bond acceptors (Lipinski definition) is 5. The molecule has 1 saturated carbocycles. The van der Waals surface area contributed by atoms with Crippen molar-refractivity contribution in [3.8, 4) is 0 Å². The minimum atomic E-state index is -3.72. The van der Waals surface area contributed by atoms with Crippen molar-refractivity contribution in [1.29, 1.82) is 0 Å². The SMILES string of the molecule is O=C(NC1CCCCC1)N[C@@H]1CC[C@H](CCNS(=O)(=O)c2ccc(F)cc2)O[C@@H]1CO. The number of sulfonamides is 1. The molecule has 1 aliphatic heterocycles. The first kappa shape index (κ1) is 23.9. The van der Waals surface area contributed by atoms with Gasteiger partial charge in [-0.1, -0.05) is 19.3 Å². The highest BCUT2D eigenvalue weighted by molar-refractivity contribution is 7.89. The Morgan fingerprint density at radius 2 is 1.77 bits per heavy atom. The minimum Gasteiger partial charge on any atom is -0.394 e. The van der Waals surface area contributed by atoms with Crippen LogP contribution in [-0.2, 0) is 14.8 Å². The molecule has 2 fully saturated rings. The summed E-state index contributed by atoms with van der Waals surface area (Å²) in [6.45, 7) is -0.0744. The number of benzene rings is 1. The molecule has 0 bridgehead atoms. The van der Waals surface area contributed by atoms with Crippen molar-refractivity contribution in [2.75, 3.05) is 13.2 Å². The Labute approximate surface area is 183 Å². The predicted molar refractivity (Wildman–Crippen MR) is 114 cm³/mol.